The minimum atomic E-state index is -1.14. The normalized spacial score (nSPS) is 11.3. The number of nitrogens with zero attached hydrogens (tertiary/aromatic N) is 3. The summed E-state index contributed by atoms with van der Waals surface area (Å²) in [4.78, 5) is 27.9. The molecule has 4 aromatic heterocycles. The topological polar surface area (TPSA) is 89.7 Å². The Labute approximate surface area is 129 Å². The zero-order valence-corrected chi connectivity index (χ0v) is 11.8. The third-order valence-electron chi connectivity index (χ3n) is 3.68. The molecule has 0 aliphatic carbocycles. The predicted molar refractivity (Wildman–Crippen MR) is 81.7 cm³/mol. The van der Waals surface area contributed by atoms with Crippen molar-refractivity contribution in [3.63, 3.8) is 0 Å². The van der Waals surface area contributed by atoms with E-state index in [1.807, 2.05) is 6.07 Å². The summed E-state index contributed by atoms with van der Waals surface area (Å²) in [6.45, 7) is 0.112. The lowest BCUT2D eigenvalue weighted by atomic mass is 10.3. The third-order valence-corrected chi connectivity index (χ3v) is 3.68. The number of hydrogen-bond acceptors (Lipinski definition) is 4. The van der Waals surface area contributed by atoms with Gasteiger partial charge >= 0.3 is 5.97 Å². The van der Waals surface area contributed by atoms with Gasteiger partial charge in [0.05, 0.1) is 12.1 Å². The summed E-state index contributed by atoms with van der Waals surface area (Å²) in [5.74, 6) is -0.921. The second kappa shape index (κ2) is 4.84. The van der Waals surface area contributed by atoms with Crippen molar-refractivity contribution in [3.8, 4) is 0 Å². The first-order chi connectivity index (χ1) is 11.1. The monoisotopic (exact) mass is 309 g/mol. The summed E-state index contributed by atoms with van der Waals surface area (Å²) in [5.41, 5.74) is 1.61. The first kappa shape index (κ1) is 13.3. The highest BCUT2D eigenvalue weighted by atomic mass is 16.4. The highest BCUT2D eigenvalue weighted by Gasteiger charge is 2.14. The van der Waals surface area contributed by atoms with Crippen LogP contribution in [-0.4, -0.2) is 25.0 Å². The lowest BCUT2D eigenvalue weighted by molar-refractivity contribution is 0.0660. The molecule has 0 spiro atoms. The van der Waals surface area contributed by atoms with E-state index in [4.69, 9.17) is 9.52 Å². The largest absolute Gasteiger partial charge is 0.475 e. The molecule has 0 saturated carbocycles. The summed E-state index contributed by atoms with van der Waals surface area (Å²) in [6, 6.07) is 10.1. The van der Waals surface area contributed by atoms with E-state index in [-0.39, 0.29) is 17.9 Å². The molecule has 7 heteroatoms. The molecule has 1 N–H and O–H groups in total. The van der Waals surface area contributed by atoms with Crippen LogP contribution in [0.2, 0.25) is 0 Å². The molecule has 0 atom stereocenters. The van der Waals surface area contributed by atoms with Crippen molar-refractivity contribution in [2.45, 2.75) is 6.54 Å². The SMILES string of the molecule is O=C(O)c1ccc(Cn2c(=O)c3cccn3c3cccnc32)o1. The minimum Gasteiger partial charge on any atom is -0.475 e. The molecule has 0 unspecified atom stereocenters. The van der Waals surface area contributed by atoms with E-state index >= 15 is 0 Å². The summed E-state index contributed by atoms with van der Waals surface area (Å²) in [5, 5.41) is 8.93. The number of aromatic carboxylic acids is 1. The van der Waals surface area contributed by atoms with Crippen molar-refractivity contribution in [2.24, 2.45) is 0 Å². The van der Waals surface area contributed by atoms with Crippen LogP contribution in [0.4, 0.5) is 0 Å². The van der Waals surface area contributed by atoms with Gasteiger partial charge in [-0.2, -0.15) is 0 Å². The Morgan fingerprint density at radius 1 is 1.17 bits per heavy atom. The van der Waals surface area contributed by atoms with Gasteiger partial charge in [0, 0.05) is 12.4 Å². The van der Waals surface area contributed by atoms with Crippen LogP contribution in [0.1, 0.15) is 16.3 Å². The zero-order chi connectivity index (χ0) is 16.0. The summed E-state index contributed by atoms with van der Waals surface area (Å²) in [6.07, 6.45) is 3.42. The molecule has 0 aliphatic heterocycles. The van der Waals surface area contributed by atoms with Crippen molar-refractivity contribution < 1.29 is 14.3 Å². The van der Waals surface area contributed by atoms with Gasteiger partial charge in [-0.3, -0.25) is 9.36 Å². The molecular formula is C16H11N3O4. The van der Waals surface area contributed by atoms with Crippen LogP contribution >= 0.6 is 0 Å². The fraction of sp³-hybridized carbons (Fsp3) is 0.0625. The van der Waals surface area contributed by atoms with Crippen molar-refractivity contribution in [2.75, 3.05) is 0 Å². The number of carboxylic acid groups (broad SMARTS) is 1. The van der Waals surface area contributed by atoms with Gasteiger partial charge in [0.2, 0.25) is 5.76 Å². The molecule has 4 heterocycles. The maximum Gasteiger partial charge on any atom is 0.371 e. The molecule has 0 bridgehead atoms. The Morgan fingerprint density at radius 3 is 2.78 bits per heavy atom. The number of fused-ring (bicyclic) bond motifs is 3. The third kappa shape index (κ3) is 2.02. The van der Waals surface area contributed by atoms with E-state index in [1.165, 1.54) is 10.6 Å². The van der Waals surface area contributed by atoms with E-state index in [9.17, 15) is 9.59 Å². The Bertz CT molecular complexity index is 1100. The first-order valence-corrected chi connectivity index (χ1v) is 6.92. The van der Waals surface area contributed by atoms with Gasteiger partial charge in [0.1, 0.15) is 11.3 Å². The molecule has 7 nitrogen and oxygen atoms in total. The van der Waals surface area contributed by atoms with Crippen molar-refractivity contribution in [1.29, 1.82) is 0 Å². The fourth-order valence-corrected chi connectivity index (χ4v) is 2.66. The molecule has 23 heavy (non-hydrogen) atoms. The van der Waals surface area contributed by atoms with Crippen molar-refractivity contribution in [1.82, 2.24) is 14.0 Å². The van der Waals surface area contributed by atoms with E-state index in [2.05, 4.69) is 4.98 Å². The van der Waals surface area contributed by atoms with Crippen molar-refractivity contribution >= 4 is 22.6 Å². The van der Waals surface area contributed by atoms with Crippen LogP contribution in [0.15, 0.2) is 58.0 Å². The van der Waals surface area contributed by atoms with Gasteiger partial charge in [-0.05, 0) is 36.4 Å². The van der Waals surface area contributed by atoms with E-state index < -0.39 is 5.97 Å². The number of hydrogen-bond donors (Lipinski definition) is 1. The fourth-order valence-electron chi connectivity index (χ4n) is 2.66. The van der Waals surface area contributed by atoms with E-state index in [0.717, 1.165) is 5.52 Å². The number of carboxylic acids is 1. The lowest BCUT2D eigenvalue weighted by Crippen LogP contribution is -2.23. The smallest absolute Gasteiger partial charge is 0.371 e. The quantitative estimate of drug-likeness (QED) is 0.625. The average molecular weight is 309 g/mol. The number of furan rings is 1. The van der Waals surface area contributed by atoms with Crippen LogP contribution in [0, 0.1) is 0 Å². The molecule has 4 rings (SSSR count). The van der Waals surface area contributed by atoms with Gasteiger partial charge in [-0.1, -0.05) is 0 Å². The van der Waals surface area contributed by atoms with Crippen LogP contribution in [0.25, 0.3) is 16.7 Å². The van der Waals surface area contributed by atoms with Gasteiger partial charge in [-0.25, -0.2) is 9.78 Å². The molecule has 114 valence electrons. The Hall–Kier alpha value is -3.35. The molecule has 0 saturated heterocycles. The van der Waals surface area contributed by atoms with Crippen LogP contribution < -0.4 is 5.56 Å². The molecule has 0 radical (unpaired) electrons. The molecule has 0 aliphatic rings. The molecule has 0 amide bonds. The summed E-state index contributed by atoms with van der Waals surface area (Å²) >= 11 is 0. The summed E-state index contributed by atoms with van der Waals surface area (Å²) in [7, 11) is 0. The Morgan fingerprint density at radius 2 is 2.00 bits per heavy atom. The first-order valence-electron chi connectivity index (χ1n) is 6.92. The van der Waals surface area contributed by atoms with Crippen LogP contribution in [0.5, 0.6) is 0 Å². The maximum absolute atomic E-state index is 12.7. The number of pyridine rings is 1. The van der Waals surface area contributed by atoms with E-state index in [0.29, 0.717) is 16.9 Å². The molecule has 0 aromatic carbocycles. The van der Waals surface area contributed by atoms with Crippen molar-refractivity contribution in [3.05, 3.63) is 70.7 Å². The number of aromatic nitrogens is 3. The predicted octanol–water partition coefficient (Wildman–Crippen LogP) is 1.99. The van der Waals surface area contributed by atoms with Gasteiger partial charge in [0.15, 0.2) is 5.65 Å². The maximum atomic E-state index is 12.7. The lowest BCUT2D eigenvalue weighted by Gasteiger charge is -2.10. The van der Waals surface area contributed by atoms with Crippen LogP contribution in [0.3, 0.4) is 0 Å². The molecule has 0 fully saturated rings. The highest BCUT2D eigenvalue weighted by Crippen LogP contribution is 2.15. The van der Waals surface area contributed by atoms with Gasteiger partial charge < -0.3 is 13.9 Å². The minimum absolute atomic E-state index is 0.112. The molecular weight excluding hydrogens is 298 g/mol. The second-order valence-corrected chi connectivity index (χ2v) is 5.07. The average Bonchev–Trinajstić information content (AvgIpc) is 3.21. The van der Waals surface area contributed by atoms with Gasteiger partial charge in [0.25, 0.3) is 5.56 Å². The zero-order valence-electron chi connectivity index (χ0n) is 11.8. The second-order valence-electron chi connectivity index (χ2n) is 5.07. The Balaban J connectivity index is 1.95. The van der Waals surface area contributed by atoms with E-state index in [1.54, 1.807) is 41.1 Å². The van der Waals surface area contributed by atoms with Crippen LogP contribution in [-0.2, 0) is 6.54 Å². The standard InChI is InChI=1S/C16H11N3O4/c20-15-12-4-2-8-18(12)11-3-1-7-17-14(11)19(15)9-10-5-6-13(23-10)16(21)22/h1-8H,9H2,(H,21,22). The Kier molecular flexibility index (Phi) is 2.80. The highest BCUT2D eigenvalue weighted by molar-refractivity contribution is 5.84. The van der Waals surface area contributed by atoms with Gasteiger partial charge in [-0.15, -0.1) is 0 Å². The summed E-state index contributed by atoms with van der Waals surface area (Å²) < 4.78 is 8.52. The number of carbonyl (C=O) groups is 1. The molecule has 4 aromatic rings. The number of rotatable bonds is 3.